The minimum atomic E-state index is -2.25. The van der Waals surface area contributed by atoms with Gasteiger partial charge >= 0.3 is 0 Å². The number of hydrogen-bond donors (Lipinski definition) is 0. The highest BCUT2D eigenvalue weighted by Crippen LogP contribution is 2.44. The van der Waals surface area contributed by atoms with Crippen molar-refractivity contribution < 1.29 is 9.22 Å². The summed E-state index contributed by atoms with van der Waals surface area (Å²) in [6.07, 6.45) is 15.3. The molecule has 1 aromatic rings. The van der Waals surface area contributed by atoms with Gasteiger partial charge in [-0.3, -0.25) is 9.69 Å². The normalized spacial score (nSPS) is 15.8. The monoisotopic (exact) mass is 453 g/mol. The van der Waals surface area contributed by atoms with Crippen LogP contribution in [0.15, 0.2) is 42.3 Å². The molecule has 1 amide bonds. The number of carbonyl (C=O) groups is 1. The van der Waals surface area contributed by atoms with Crippen molar-refractivity contribution in [2.45, 2.75) is 96.7 Å². The molecule has 0 aromatic heterocycles. The molecule has 1 aliphatic carbocycles. The van der Waals surface area contributed by atoms with Gasteiger partial charge in [0, 0.05) is 5.56 Å². The molecule has 0 N–H and O–H groups in total. The van der Waals surface area contributed by atoms with E-state index in [1.54, 1.807) is 4.90 Å². The first-order valence-electron chi connectivity index (χ1n) is 12.4. The second kappa shape index (κ2) is 12.3. The lowest BCUT2D eigenvalue weighted by Crippen LogP contribution is -2.50. The molecular weight excluding hydrogens is 410 g/mol. The van der Waals surface area contributed by atoms with E-state index in [-0.39, 0.29) is 12.5 Å². The molecule has 4 heteroatoms. The molecule has 2 rings (SSSR count). The maximum atomic E-state index is 13.5. The van der Waals surface area contributed by atoms with Gasteiger partial charge in [-0.05, 0) is 47.2 Å². The van der Waals surface area contributed by atoms with E-state index in [0.717, 1.165) is 6.42 Å². The molecule has 0 atom stereocenters. The number of benzene rings is 1. The summed E-state index contributed by atoms with van der Waals surface area (Å²) in [6, 6.07) is 9.41. The average Bonchev–Trinajstić information content (AvgIpc) is 2.78. The second-order valence-electron chi connectivity index (χ2n) is 10.2. The summed E-state index contributed by atoms with van der Waals surface area (Å²) in [7, 11) is -2.25. The number of terminal acetylenes is 1. The van der Waals surface area contributed by atoms with E-state index in [1.165, 1.54) is 32.1 Å². The second-order valence-corrected chi connectivity index (χ2v) is 15.5. The molecule has 0 spiro atoms. The fraction of sp³-hybridized carbons (Fsp3) is 0.607. The summed E-state index contributed by atoms with van der Waals surface area (Å²) < 4.78 is 7.08. The Morgan fingerprint density at radius 1 is 1.06 bits per heavy atom. The minimum Gasteiger partial charge on any atom is -0.531 e. The van der Waals surface area contributed by atoms with E-state index in [1.807, 2.05) is 30.3 Å². The van der Waals surface area contributed by atoms with Crippen LogP contribution in [-0.2, 0) is 4.43 Å². The number of carbonyl (C=O) groups excluding carboxylic acids is 1. The van der Waals surface area contributed by atoms with E-state index < -0.39 is 8.32 Å². The zero-order valence-electron chi connectivity index (χ0n) is 21.1. The fourth-order valence-corrected chi connectivity index (χ4v) is 10.8. The number of rotatable bonds is 10. The van der Waals surface area contributed by atoms with Crippen molar-refractivity contribution in [3.05, 3.63) is 47.9 Å². The quantitative estimate of drug-likeness (QED) is 0.206. The van der Waals surface area contributed by atoms with Gasteiger partial charge in [-0.25, -0.2) is 0 Å². The van der Waals surface area contributed by atoms with Crippen LogP contribution in [0.5, 0.6) is 0 Å². The number of amides is 1. The lowest BCUT2D eigenvalue weighted by atomic mass is 9.87. The van der Waals surface area contributed by atoms with Crippen LogP contribution < -0.4 is 0 Å². The predicted octanol–water partition coefficient (Wildman–Crippen LogP) is 7.77. The van der Waals surface area contributed by atoms with Crippen molar-refractivity contribution >= 4 is 14.2 Å². The largest absolute Gasteiger partial charge is 0.531 e. The summed E-state index contributed by atoms with van der Waals surface area (Å²) in [5, 5.41) is 0. The molecule has 0 heterocycles. The van der Waals surface area contributed by atoms with Crippen molar-refractivity contribution in [2.75, 3.05) is 6.54 Å². The Morgan fingerprint density at radius 3 is 2.12 bits per heavy atom. The third-order valence-corrected chi connectivity index (χ3v) is 13.1. The standard InChI is InChI=1S/C28H43NO2Si/c1-8-21-29(28(30)26-17-13-10-14-18-26)27(20-19-25-15-11-9-12-16-25)31-32(22(2)3,23(4)5)24(6)7/h1,10,13-14,17-18,20,22-25H,9,11-12,15-16,19,21H2,2-7H3/b27-20-. The van der Waals surface area contributed by atoms with Crippen molar-refractivity contribution in [3.63, 3.8) is 0 Å². The molecule has 1 saturated carbocycles. The molecular formula is C28H43NO2Si. The van der Waals surface area contributed by atoms with Crippen molar-refractivity contribution in [3.8, 4) is 12.3 Å². The molecule has 0 unspecified atom stereocenters. The Bertz CT molecular complexity index is 764. The first-order chi connectivity index (χ1) is 15.2. The van der Waals surface area contributed by atoms with Gasteiger partial charge in [-0.15, -0.1) is 6.42 Å². The molecule has 32 heavy (non-hydrogen) atoms. The molecule has 0 saturated heterocycles. The number of hydrogen-bond acceptors (Lipinski definition) is 2. The van der Waals surface area contributed by atoms with Crippen LogP contribution in [0.4, 0.5) is 0 Å². The van der Waals surface area contributed by atoms with Gasteiger partial charge in [0.1, 0.15) is 0 Å². The highest BCUT2D eigenvalue weighted by atomic mass is 28.4. The highest BCUT2D eigenvalue weighted by molar-refractivity contribution is 6.77. The summed E-state index contributed by atoms with van der Waals surface area (Å²) in [5.41, 5.74) is 1.89. The first-order valence-corrected chi connectivity index (χ1v) is 14.6. The minimum absolute atomic E-state index is 0.0855. The maximum absolute atomic E-state index is 13.5. The van der Waals surface area contributed by atoms with E-state index in [0.29, 0.717) is 34.0 Å². The lowest BCUT2D eigenvalue weighted by Gasteiger charge is -2.44. The Labute approximate surface area is 197 Å². The molecule has 1 fully saturated rings. The summed E-state index contributed by atoms with van der Waals surface area (Å²) in [6.45, 7) is 13.9. The molecule has 3 nitrogen and oxygen atoms in total. The van der Waals surface area contributed by atoms with Gasteiger partial charge in [0.25, 0.3) is 14.2 Å². The summed E-state index contributed by atoms with van der Waals surface area (Å²) in [4.78, 5) is 15.2. The van der Waals surface area contributed by atoms with Gasteiger partial charge < -0.3 is 4.43 Å². The molecule has 0 radical (unpaired) electrons. The van der Waals surface area contributed by atoms with Crippen molar-refractivity contribution in [2.24, 2.45) is 5.92 Å². The SMILES string of the molecule is C#CCN(C(=O)c1ccccc1)/C(=C/CC1CCCCC1)O[Si](C(C)C)(C(C)C)C(C)C. The molecule has 1 aliphatic rings. The van der Waals surface area contributed by atoms with E-state index in [2.05, 4.69) is 53.5 Å². The van der Waals surface area contributed by atoms with Crippen LogP contribution in [0, 0.1) is 18.3 Å². The average molecular weight is 454 g/mol. The number of nitrogens with zero attached hydrogens (tertiary/aromatic N) is 1. The van der Waals surface area contributed by atoms with Crippen molar-refractivity contribution in [1.82, 2.24) is 4.90 Å². The zero-order valence-corrected chi connectivity index (χ0v) is 22.1. The fourth-order valence-electron chi connectivity index (χ4n) is 5.51. The summed E-state index contributed by atoms with van der Waals surface area (Å²) in [5.74, 6) is 3.97. The first kappa shape index (κ1) is 26.3. The van der Waals surface area contributed by atoms with Crippen LogP contribution in [0.2, 0.25) is 16.6 Å². The third-order valence-electron chi connectivity index (χ3n) is 7.12. The summed E-state index contributed by atoms with van der Waals surface area (Å²) >= 11 is 0. The number of allylic oxidation sites excluding steroid dienone is 1. The van der Waals surface area contributed by atoms with E-state index in [9.17, 15) is 4.79 Å². The Balaban J connectivity index is 2.49. The van der Waals surface area contributed by atoms with Gasteiger partial charge in [0.2, 0.25) is 0 Å². The smallest absolute Gasteiger partial charge is 0.261 e. The highest BCUT2D eigenvalue weighted by Gasteiger charge is 2.48. The lowest BCUT2D eigenvalue weighted by molar-refractivity contribution is 0.0751. The third kappa shape index (κ3) is 6.29. The van der Waals surface area contributed by atoms with E-state index in [4.69, 9.17) is 10.8 Å². The van der Waals surface area contributed by atoms with Crippen LogP contribution in [0.3, 0.4) is 0 Å². The predicted molar refractivity (Wildman–Crippen MR) is 138 cm³/mol. The molecule has 1 aromatic carbocycles. The molecule has 0 aliphatic heterocycles. The Hall–Kier alpha value is -1.99. The van der Waals surface area contributed by atoms with Crippen LogP contribution >= 0.6 is 0 Å². The molecule has 176 valence electrons. The topological polar surface area (TPSA) is 29.5 Å². The van der Waals surface area contributed by atoms with Crippen LogP contribution in [-0.4, -0.2) is 25.7 Å². The maximum Gasteiger partial charge on any atom is 0.261 e. The van der Waals surface area contributed by atoms with Crippen LogP contribution in [0.25, 0.3) is 0 Å². The van der Waals surface area contributed by atoms with E-state index >= 15 is 0 Å². The van der Waals surface area contributed by atoms with Crippen molar-refractivity contribution in [1.29, 1.82) is 0 Å². The molecule has 0 bridgehead atoms. The van der Waals surface area contributed by atoms with Gasteiger partial charge in [-0.2, -0.15) is 0 Å². The zero-order chi connectivity index (χ0) is 23.7. The van der Waals surface area contributed by atoms with Gasteiger partial charge in [-0.1, -0.05) is 97.8 Å². The Morgan fingerprint density at radius 2 is 1.62 bits per heavy atom. The Kier molecular flexibility index (Phi) is 10.1. The van der Waals surface area contributed by atoms with Gasteiger partial charge in [0.05, 0.1) is 6.54 Å². The van der Waals surface area contributed by atoms with Crippen LogP contribution in [0.1, 0.15) is 90.4 Å². The van der Waals surface area contributed by atoms with Gasteiger partial charge in [0.15, 0.2) is 5.88 Å².